The first-order valence-electron chi connectivity index (χ1n) is 13.2. The van der Waals surface area contributed by atoms with Crippen LogP contribution in [0.5, 0.6) is 0 Å². The number of hydrogen-bond donors (Lipinski definition) is 6. The zero-order valence-corrected chi connectivity index (χ0v) is 24.7. The van der Waals surface area contributed by atoms with Crippen LogP contribution in [0, 0.1) is 0 Å². The van der Waals surface area contributed by atoms with E-state index >= 15 is 0 Å². The lowest BCUT2D eigenvalue weighted by atomic mass is 10.1. The van der Waals surface area contributed by atoms with E-state index in [0.717, 1.165) is 0 Å². The van der Waals surface area contributed by atoms with Gasteiger partial charge in [-0.2, -0.15) is 0 Å². The second kappa shape index (κ2) is 21.8. The number of carboxylic acid groups (broad SMARTS) is 1. The Morgan fingerprint density at radius 3 is 0.915 bits per heavy atom. The van der Waals surface area contributed by atoms with Crippen LogP contribution in [0.3, 0.4) is 0 Å². The monoisotopic (exact) mass is 640 g/mol. The standard InChI is InChI=1S/C8H8O3.4C6H6N2O/c9-7(8(10)11)6-4-2-1-3-5-6;4*7-6(9)5-2-1-3-8-4-5/h1-5,7,9H,(H,10,11);4*1-4H,(H2,7,9)/t7-;;;;/m1..../s1. The minimum Gasteiger partial charge on any atom is -0.479 e. The zero-order chi connectivity index (χ0) is 35.0. The van der Waals surface area contributed by atoms with Gasteiger partial charge in [0, 0.05) is 49.6 Å². The van der Waals surface area contributed by atoms with Gasteiger partial charge in [-0.25, -0.2) is 4.79 Å². The van der Waals surface area contributed by atoms with E-state index in [1.807, 2.05) is 0 Å². The fourth-order valence-corrected chi connectivity index (χ4v) is 2.81. The summed E-state index contributed by atoms with van der Waals surface area (Å²) in [6.07, 6.45) is 10.7. The second-order valence-electron chi connectivity index (χ2n) is 8.58. The van der Waals surface area contributed by atoms with Gasteiger partial charge in [-0.1, -0.05) is 30.3 Å². The van der Waals surface area contributed by atoms with Crippen LogP contribution in [0.2, 0.25) is 0 Å². The summed E-state index contributed by atoms with van der Waals surface area (Å²) in [5, 5.41) is 17.4. The maximum absolute atomic E-state index is 10.4. The van der Waals surface area contributed by atoms with Gasteiger partial charge in [0.2, 0.25) is 23.6 Å². The number of pyridine rings is 4. The third-order valence-corrected chi connectivity index (χ3v) is 5.13. The average Bonchev–Trinajstić information content (AvgIpc) is 3.11. The molecule has 15 heteroatoms. The molecule has 0 aliphatic rings. The fourth-order valence-electron chi connectivity index (χ4n) is 2.81. The van der Waals surface area contributed by atoms with Crippen LogP contribution in [-0.4, -0.2) is 59.7 Å². The lowest BCUT2D eigenvalue weighted by Gasteiger charge is -2.03. The van der Waals surface area contributed by atoms with Gasteiger partial charge in [-0.3, -0.25) is 39.1 Å². The molecule has 0 saturated heterocycles. The Hall–Kier alpha value is -6.87. The summed E-state index contributed by atoms with van der Waals surface area (Å²) in [4.78, 5) is 66.6. The Kier molecular flexibility index (Phi) is 17.7. The molecule has 0 aliphatic heterocycles. The minimum absolute atomic E-state index is 0.403. The molecular formula is C32H32N8O7. The number of nitrogens with two attached hydrogens (primary N) is 4. The Bertz CT molecular complexity index is 1470. The summed E-state index contributed by atoms with van der Waals surface area (Å²) in [7, 11) is 0. The predicted molar refractivity (Wildman–Crippen MR) is 170 cm³/mol. The summed E-state index contributed by atoms with van der Waals surface area (Å²) in [5.41, 5.74) is 21.9. The van der Waals surface area contributed by atoms with Gasteiger partial charge in [0.1, 0.15) is 0 Å². The van der Waals surface area contributed by atoms with Crippen LogP contribution in [0.1, 0.15) is 53.1 Å². The molecule has 15 nitrogen and oxygen atoms in total. The molecule has 4 aromatic heterocycles. The van der Waals surface area contributed by atoms with E-state index < -0.39 is 35.7 Å². The summed E-state index contributed by atoms with van der Waals surface area (Å²) in [6, 6.07) is 21.4. The molecule has 242 valence electrons. The van der Waals surface area contributed by atoms with Crippen molar-refractivity contribution in [2.24, 2.45) is 22.9 Å². The Balaban J connectivity index is 0.000000294. The molecule has 0 fully saturated rings. The maximum atomic E-state index is 10.4. The summed E-state index contributed by atoms with van der Waals surface area (Å²) >= 11 is 0. The second-order valence-corrected chi connectivity index (χ2v) is 8.58. The molecular weight excluding hydrogens is 608 g/mol. The number of aliphatic carboxylic acids is 1. The van der Waals surface area contributed by atoms with Gasteiger partial charge in [-0.15, -0.1) is 0 Å². The van der Waals surface area contributed by atoms with Gasteiger partial charge in [-0.05, 0) is 54.1 Å². The molecule has 0 spiro atoms. The predicted octanol–water partition coefficient (Wildman–Crippen LogP) is 1.53. The summed E-state index contributed by atoms with van der Waals surface area (Å²) < 4.78 is 0. The SMILES string of the molecule is NC(=O)c1cccnc1.NC(=O)c1cccnc1.NC(=O)c1cccnc1.NC(=O)c1cccnc1.O=C(O)[C@H](O)c1ccccc1. The van der Waals surface area contributed by atoms with Crippen molar-refractivity contribution < 1.29 is 34.2 Å². The Labute approximate surface area is 269 Å². The third kappa shape index (κ3) is 16.5. The number of aromatic nitrogens is 4. The topological polar surface area (TPSA) is 281 Å². The zero-order valence-electron chi connectivity index (χ0n) is 24.7. The molecule has 0 aliphatic carbocycles. The Morgan fingerprint density at radius 1 is 0.468 bits per heavy atom. The number of rotatable bonds is 6. The van der Waals surface area contributed by atoms with Crippen molar-refractivity contribution in [2.45, 2.75) is 6.10 Å². The average molecular weight is 641 g/mol. The number of aliphatic hydroxyl groups is 1. The number of carbonyl (C=O) groups is 5. The van der Waals surface area contributed by atoms with E-state index in [4.69, 9.17) is 33.1 Å². The smallest absolute Gasteiger partial charge is 0.337 e. The number of primary amides is 4. The number of nitrogens with zero attached hydrogens (tertiary/aromatic N) is 4. The molecule has 4 amide bonds. The highest BCUT2D eigenvalue weighted by molar-refractivity contribution is 5.93. The van der Waals surface area contributed by atoms with Gasteiger partial charge in [0.05, 0.1) is 22.3 Å². The van der Waals surface area contributed by atoms with Gasteiger partial charge >= 0.3 is 5.97 Å². The van der Waals surface area contributed by atoms with Crippen molar-refractivity contribution in [3.63, 3.8) is 0 Å². The highest BCUT2D eigenvalue weighted by atomic mass is 16.4. The number of amides is 4. The van der Waals surface area contributed by atoms with Crippen LogP contribution in [0.15, 0.2) is 128 Å². The van der Waals surface area contributed by atoms with Crippen molar-refractivity contribution in [3.8, 4) is 0 Å². The van der Waals surface area contributed by atoms with Gasteiger partial charge in [0.25, 0.3) is 0 Å². The number of aliphatic hydroxyl groups excluding tert-OH is 1. The minimum atomic E-state index is -1.41. The van der Waals surface area contributed by atoms with Crippen molar-refractivity contribution in [2.75, 3.05) is 0 Å². The molecule has 5 rings (SSSR count). The third-order valence-electron chi connectivity index (χ3n) is 5.13. The lowest BCUT2D eigenvalue weighted by molar-refractivity contribution is -0.146. The molecule has 5 aromatic rings. The van der Waals surface area contributed by atoms with Crippen LogP contribution < -0.4 is 22.9 Å². The molecule has 47 heavy (non-hydrogen) atoms. The highest BCUT2D eigenvalue weighted by Crippen LogP contribution is 2.11. The van der Waals surface area contributed by atoms with E-state index in [9.17, 15) is 24.0 Å². The van der Waals surface area contributed by atoms with E-state index in [2.05, 4.69) is 19.9 Å². The van der Waals surface area contributed by atoms with Crippen molar-refractivity contribution >= 4 is 29.6 Å². The molecule has 0 saturated carbocycles. The van der Waals surface area contributed by atoms with Crippen LogP contribution in [0.4, 0.5) is 0 Å². The Morgan fingerprint density at radius 2 is 0.745 bits per heavy atom. The molecule has 0 unspecified atom stereocenters. The first-order chi connectivity index (χ1) is 22.4. The van der Waals surface area contributed by atoms with Crippen molar-refractivity contribution in [1.82, 2.24) is 19.9 Å². The van der Waals surface area contributed by atoms with Gasteiger partial charge in [0.15, 0.2) is 6.10 Å². The highest BCUT2D eigenvalue weighted by Gasteiger charge is 2.14. The lowest BCUT2D eigenvalue weighted by Crippen LogP contribution is -2.10. The van der Waals surface area contributed by atoms with E-state index in [1.165, 1.54) is 24.8 Å². The summed E-state index contributed by atoms with van der Waals surface area (Å²) in [6.45, 7) is 0. The normalized spacial score (nSPS) is 9.72. The van der Waals surface area contributed by atoms with Crippen LogP contribution in [0.25, 0.3) is 0 Å². The molecule has 0 radical (unpaired) electrons. The number of benzene rings is 1. The molecule has 10 N–H and O–H groups in total. The molecule has 1 atom stereocenters. The quantitative estimate of drug-likeness (QED) is 0.155. The summed E-state index contributed by atoms with van der Waals surface area (Å²) in [5.74, 6) is -2.99. The van der Waals surface area contributed by atoms with Crippen LogP contribution in [-0.2, 0) is 4.79 Å². The maximum Gasteiger partial charge on any atom is 0.337 e. The van der Waals surface area contributed by atoms with E-state index in [1.54, 1.807) is 104 Å². The van der Waals surface area contributed by atoms with Crippen molar-refractivity contribution in [3.05, 3.63) is 156 Å². The largest absolute Gasteiger partial charge is 0.479 e. The van der Waals surface area contributed by atoms with Crippen molar-refractivity contribution in [1.29, 1.82) is 0 Å². The first kappa shape index (κ1) is 38.2. The fraction of sp³-hybridized carbons (Fsp3) is 0.0312. The molecule has 4 heterocycles. The number of carboxylic acids is 1. The van der Waals surface area contributed by atoms with Gasteiger partial charge < -0.3 is 33.1 Å². The molecule has 0 bridgehead atoms. The van der Waals surface area contributed by atoms with E-state index in [-0.39, 0.29) is 0 Å². The molecule has 1 aromatic carbocycles. The first-order valence-corrected chi connectivity index (χ1v) is 13.2. The van der Waals surface area contributed by atoms with Crippen LogP contribution >= 0.6 is 0 Å². The number of hydrogen-bond acceptors (Lipinski definition) is 10. The number of carbonyl (C=O) groups excluding carboxylic acids is 4. The van der Waals surface area contributed by atoms with E-state index in [0.29, 0.717) is 27.8 Å².